The van der Waals surface area contributed by atoms with Gasteiger partial charge in [0, 0.05) is 24.7 Å². The largest absolute Gasteiger partial charge is 0.369 e. The smallest absolute Gasteiger partial charge is 0.163 e. The van der Waals surface area contributed by atoms with Crippen LogP contribution in [0.25, 0.3) is 11.4 Å². The summed E-state index contributed by atoms with van der Waals surface area (Å²) in [6.45, 7) is 8.26. The summed E-state index contributed by atoms with van der Waals surface area (Å²) in [7, 11) is 0. The van der Waals surface area contributed by atoms with Gasteiger partial charge in [0.05, 0.1) is 0 Å². The summed E-state index contributed by atoms with van der Waals surface area (Å²) >= 11 is 6.09. The Kier molecular flexibility index (Phi) is 5.96. The zero-order valence-corrected chi connectivity index (χ0v) is 13.3. The van der Waals surface area contributed by atoms with Crippen LogP contribution in [0.15, 0.2) is 36.4 Å². The lowest BCUT2D eigenvalue weighted by Crippen LogP contribution is -2.28. The van der Waals surface area contributed by atoms with Crippen LogP contribution in [0, 0.1) is 0 Å². The molecule has 1 heterocycles. The van der Waals surface area contributed by atoms with Crippen LogP contribution < -0.4 is 5.32 Å². The lowest BCUT2D eigenvalue weighted by Gasteiger charge is -2.18. The van der Waals surface area contributed by atoms with Gasteiger partial charge in [0.15, 0.2) is 5.82 Å². The van der Waals surface area contributed by atoms with Gasteiger partial charge in [0.2, 0.25) is 0 Å². The molecule has 2 aromatic rings. The lowest BCUT2D eigenvalue weighted by molar-refractivity contribution is 0.316. The molecule has 1 aromatic heterocycles. The van der Waals surface area contributed by atoms with E-state index < -0.39 is 0 Å². The Hall–Kier alpha value is -1.65. The topological polar surface area (TPSA) is 41.0 Å². The number of hydrogen-bond donors (Lipinski definition) is 1. The maximum absolute atomic E-state index is 6.09. The van der Waals surface area contributed by atoms with Gasteiger partial charge in [-0.3, -0.25) is 0 Å². The van der Waals surface area contributed by atoms with Crippen molar-refractivity contribution < 1.29 is 0 Å². The van der Waals surface area contributed by atoms with Gasteiger partial charge in [-0.05, 0) is 13.1 Å². The van der Waals surface area contributed by atoms with Crippen molar-refractivity contribution in [1.82, 2.24) is 14.9 Å². The van der Waals surface area contributed by atoms with E-state index in [1.165, 1.54) is 0 Å². The molecule has 21 heavy (non-hydrogen) atoms. The average molecular weight is 305 g/mol. The molecule has 4 nitrogen and oxygen atoms in total. The van der Waals surface area contributed by atoms with Crippen molar-refractivity contribution in [3.8, 4) is 11.4 Å². The fraction of sp³-hybridized carbons (Fsp3) is 0.375. The Morgan fingerprint density at radius 3 is 2.48 bits per heavy atom. The SMILES string of the molecule is CCN(CC)CCNc1cc(Cl)nc(-c2ccccc2)n1. The van der Waals surface area contributed by atoms with E-state index in [0.717, 1.165) is 37.6 Å². The van der Waals surface area contributed by atoms with Crippen molar-refractivity contribution in [2.24, 2.45) is 0 Å². The van der Waals surface area contributed by atoms with E-state index in [0.29, 0.717) is 11.0 Å². The van der Waals surface area contributed by atoms with Crippen LogP contribution in [0.3, 0.4) is 0 Å². The Bertz CT molecular complexity index is 555. The Labute approximate surface area is 131 Å². The van der Waals surface area contributed by atoms with Crippen molar-refractivity contribution in [1.29, 1.82) is 0 Å². The van der Waals surface area contributed by atoms with E-state index in [-0.39, 0.29) is 0 Å². The van der Waals surface area contributed by atoms with Gasteiger partial charge in [-0.25, -0.2) is 9.97 Å². The van der Waals surface area contributed by atoms with Gasteiger partial charge in [-0.15, -0.1) is 0 Å². The molecular weight excluding hydrogens is 284 g/mol. The zero-order chi connectivity index (χ0) is 15.1. The quantitative estimate of drug-likeness (QED) is 0.794. The van der Waals surface area contributed by atoms with E-state index in [4.69, 9.17) is 11.6 Å². The number of rotatable bonds is 7. The summed E-state index contributed by atoms with van der Waals surface area (Å²) in [5.74, 6) is 1.41. The summed E-state index contributed by atoms with van der Waals surface area (Å²) in [4.78, 5) is 11.2. The zero-order valence-electron chi connectivity index (χ0n) is 12.5. The molecule has 5 heteroatoms. The van der Waals surface area contributed by atoms with Crippen LogP contribution in [0.5, 0.6) is 0 Å². The fourth-order valence-corrected chi connectivity index (χ4v) is 2.29. The minimum absolute atomic E-state index is 0.453. The average Bonchev–Trinajstić information content (AvgIpc) is 2.52. The molecule has 0 saturated carbocycles. The summed E-state index contributed by atoms with van der Waals surface area (Å²) in [6.07, 6.45) is 0. The van der Waals surface area contributed by atoms with E-state index in [1.54, 1.807) is 6.07 Å². The molecule has 0 aliphatic carbocycles. The Morgan fingerprint density at radius 2 is 1.81 bits per heavy atom. The van der Waals surface area contributed by atoms with Crippen molar-refractivity contribution in [2.75, 3.05) is 31.5 Å². The summed E-state index contributed by atoms with van der Waals surface area (Å²) in [6, 6.07) is 11.6. The van der Waals surface area contributed by atoms with Crippen LogP contribution in [0.4, 0.5) is 5.82 Å². The van der Waals surface area contributed by atoms with Gasteiger partial charge in [-0.1, -0.05) is 55.8 Å². The third-order valence-electron chi connectivity index (χ3n) is 3.36. The Balaban J connectivity index is 2.06. The molecule has 0 aliphatic heterocycles. The highest BCUT2D eigenvalue weighted by molar-refractivity contribution is 6.29. The molecule has 2 rings (SSSR count). The highest BCUT2D eigenvalue weighted by Crippen LogP contribution is 2.19. The van der Waals surface area contributed by atoms with Crippen molar-refractivity contribution in [2.45, 2.75) is 13.8 Å². The number of hydrogen-bond acceptors (Lipinski definition) is 4. The van der Waals surface area contributed by atoms with Gasteiger partial charge < -0.3 is 10.2 Å². The molecule has 0 spiro atoms. The molecular formula is C16H21ClN4. The molecule has 0 radical (unpaired) electrons. The van der Waals surface area contributed by atoms with Gasteiger partial charge >= 0.3 is 0 Å². The predicted octanol–water partition coefficient (Wildman–Crippen LogP) is 3.55. The van der Waals surface area contributed by atoms with E-state index in [9.17, 15) is 0 Å². The van der Waals surface area contributed by atoms with E-state index >= 15 is 0 Å². The number of nitrogens with one attached hydrogen (secondary N) is 1. The van der Waals surface area contributed by atoms with Crippen molar-refractivity contribution >= 4 is 17.4 Å². The van der Waals surface area contributed by atoms with Crippen LogP contribution in [0.2, 0.25) is 5.15 Å². The monoisotopic (exact) mass is 304 g/mol. The first-order valence-corrected chi connectivity index (χ1v) is 7.67. The second-order valence-electron chi connectivity index (χ2n) is 4.72. The summed E-state index contributed by atoms with van der Waals surface area (Å²) in [5.41, 5.74) is 0.965. The van der Waals surface area contributed by atoms with E-state index in [1.807, 2.05) is 30.3 Å². The molecule has 0 aliphatic rings. The first-order valence-electron chi connectivity index (χ1n) is 7.29. The number of anilines is 1. The van der Waals surface area contributed by atoms with Crippen molar-refractivity contribution in [3.05, 3.63) is 41.6 Å². The number of nitrogens with zero attached hydrogens (tertiary/aromatic N) is 3. The fourth-order valence-electron chi connectivity index (χ4n) is 2.11. The molecule has 1 aromatic carbocycles. The standard InChI is InChI=1S/C16H21ClN4/c1-3-21(4-2)11-10-18-15-12-14(17)19-16(20-15)13-8-6-5-7-9-13/h5-9,12H,3-4,10-11H2,1-2H3,(H,18,19,20). The maximum Gasteiger partial charge on any atom is 0.163 e. The number of aromatic nitrogens is 2. The third-order valence-corrected chi connectivity index (χ3v) is 3.55. The molecule has 1 N–H and O–H groups in total. The summed E-state index contributed by atoms with van der Waals surface area (Å²) in [5, 5.41) is 3.77. The maximum atomic E-state index is 6.09. The van der Waals surface area contributed by atoms with E-state index in [2.05, 4.69) is 34.0 Å². The third kappa shape index (κ3) is 4.69. The minimum atomic E-state index is 0.453. The van der Waals surface area contributed by atoms with Crippen LogP contribution in [-0.4, -0.2) is 41.0 Å². The van der Waals surface area contributed by atoms with Gasteiger partial charge in [0.25, 0.3) is 0 Å². The van der Waals surface area contributed by atoms with Crippen molar-refractivity contribution in [3.63, 3.8) is 0 Å². The predicted molar refractivity (Wildman–Crippen MR) is 88.8 cm³/mol. The van der Waals surface area contributed by atoms with Crippen LogP contribution in [-0.2, 0) is 0 Å². The van der Waals surface area contributed by atoms with Gasteiger partial charge in [-0.2, -0.15) is 0 Å². The second-order valence-corrected chi connectivity index (χ2v) is 5.11. The highest BCUT2D eigenvalue weighted by atomic mass is 35.5. The molecule has 0 unspecified atom stereocenters. The summed E-state index contributed by atoms with van der Waals surface area (Å²) < 4.78 is 0. The normalized spacial score (nSPS) is 10.9. The number of benzene rings is 1. The Morgan fingerprint density at radius 1 is 1.10 bits per heavy atom. The molecule has 0 bridgehead atoms. The molecule has 112 valence electrons. The number of halogens is 1. The molecule has 0 atom stereocenters. The molecule has 0 amide bonds. The highest BCUT2D eigenvalue weighted by Gasteiger charge is 2.06. The molecule has 0 saturated heterocycles. The second kappa shape index (κ2) is 7.96. The van der Waals surface area contributed by atoms with Crippen LogP contribution >= 0.6 is 11.6 Å². The lowest BCUT2D eigenvalue weighted by atomic mass is 10.2. The first-order chi connectivity index (χ1) is 10.2. The minimum Gasteiger partial charge on any atom is -0.369 e. The number of likely N-dealkylation sites (N-methyl/N-ethyl adjacent to an activating group) is 1. The van der Waals surface area contributed by atoms with Crippen LogP contribution in [0.1, 0.15) is 13.8 Å². The molecule has 0 fully saturated rings. The first kappa shape index (κ1) is 15.7. The van der Waals surface area contributed by atoms with Gasteiger partial charge in [0.1, 0.15) is 11.0 Å².